The Hall–Kier alpha value is -2.04. The molecule has 3 N–H and O–H groups in total. The number of carboxylic acid groups (broad SMARTS) is 1. The van der Waals surface area contributed by atoms with Crippen molar-refractivity contribution in [2.24, 2.45) is 5.41 Å². The summed E-state index contributed by atoms with van der Waals surface area (Å²) in [6.07, 6.45) is 1.83. The number of carbonyl (C=O) groups is 2. The molecule has 0 radical (unpaired) electrons. The first-order valence-corrected chi connectivity index (χ1v) is 7.14. The summed E-state index contributed by atoms with van der Waals surface area (Å²) >= 11 is 0. The van der Waals surface area contributed by atoms with Crippen LogP contribution in [0.2, 0.25) is 0 Å². The number of rotatable bonds is 5. The molecule has 5 nitrogen and oxygen atoms in total. The molecule has 0 aliphatic rings. The fourth-order valence-corrected chi connectivity index (χ4v) is 2.07. The van der Waals surface area contributed by atoms with Gasteiger partial charge in [0.2, 0.25) is 0 Å². The van der Waals surface area contributed by atoms with Gasteiger partial charge in [0.25, 0.3) is 0 Å². The molecule has 0 unspecified atom stereocenters. The number of hydrogen-bond acceptors (Lipinski definition) is 2. The molecular formula is C16H24N2O3. The van der Waals surface area contributed by atoms with E-state index in [2.05, 4.69) is 17.6 Å². The average molecular weight is 292 g/mol. The van der Waals surface area contributed by atoms with Crippen LogP contribution >= 0.6 is 0 Å². The highest BCUT2D eigenvalue weighted by atomic mass is 16.4. The van der Waals surface area contributed by atoms with Crippen LogP contribution in [0.25, 0.3) is 0 Å². The minimum absolute atomic E-state index is 0.499. The third-order valence-corrected chi connectivity index (χ3v) is 3.17. The topological polar surface area (TPSA) is 78.4 Å². The lowest BCUT2D eigenvalue weighted by Crippen LogP contribution is -2.50. The molecule has 21 heavy (non-hydrogen) atoms. The first kappa shape index (κ1) is 17.0. The second-order valence-electron chi connectivity index (χ2n) is 6.14. The molecule has 0 aromatic heterocycles. The molecule has 5 heteroatoms. The monoisotopic (exact) mass is 292 g/mol. The highest BCUT2D eigenvalue weighted by Gasteiger charge is 2.32. The van der Waals surface area contributed by atoms with Crippen LogP contribution in [-0.2, 0) is 11.2 Å². The summed E-state index contributed by atoms with van der Waals surface area (Å²) in [5.41, 5.74) is 1.19. The summed E-state index contributed by atoms with van der Waals surface area (Å²) in [6, 6.07) is 6.09. The highest BCUT2D eigenvalue weighted by Crippen LogP contribution is 2.20. The molecule has 0 aliphatic heterocycles. The fourth-order valence-electron chi connectivity index (χ4n) is 2.07. The highest BCUT2D eigenvalue weighted by molar-refractivity contribution is 5.93. The molecular weight excluding hydrogens is 268 g/mol. The number of aliphatic carboxylic acids is 1. The van der Waals surface area contributed by atoms with E-state index in [1.54, 1.807) is 20.8 Å². The maximum absolute atomic E-state index is 12.0. The maximum atomic E-state index is 12.0. The zero-order valence-corrected chi connectivity index (χ0v) is 13.1. The normalized spacial score (nSPS) is 12.6. The lowest BCUT2D eigenvalue weighted by molar-refractivity contribution is -0.141. The minimum atomic E-state index is -1.04. The standard InChI is InChI=1S/C16H24N2O3/c1-5-8-11-9-6-7-10-12(11)17-15(21)18-13(14(19)20)16(2,3)4/h6-7,9-10,13H,5,8H2,1-4H3,(H,19,20)(H2,17,18,21)/t13-/m1/s1. The average Bonchev–Trinajstić information content (AvgIpc) is 2.37. The van der Waals surface area contributed by atoms with Crippen LogP contribution in [0.1, 0.15) is 39.7 Å². The number of carbonyl (C=O) groups excluding carboxylic acids is 1. The van der Waals surface area contributed by atoms with Crippen molar-refractivity contribution in [1.82, 2.24) is 5.32 Å². The molecule has 0 aliphatic carbocycles. The number of anilines is 1. The molecule has 0 bridgehead atoms. The van der Waals surface area contributed by atoms with E-state index in [4.69, 9.17) is 0 Å². The van der Waals surface area contributed by atoms with Crippen molar-refractivity contribution in [2.75, 3.05) is 5.32 Å². The Kier molecular flexibility index (Phi) is 5.76. The fraction of sp³-hybridized carbons (Fsp3) is 0.500. The van der Waals surface area contributed by atoms with Crippen LogP contribution < -0.4 is 10.6 Å². The van der Waals surface area contributed by atoms with Gasteiger partial charge in [-0.1, -0.05) is 52.3 Å². The molecule has 1 atom stereocenters. The quantitative estimate of drug-likeness (QED) is 0.779. The third-order valence-electron chi connectivity index (χ3n) is 3.17. The third kappa shape index (κ3) is 5.10. The molecule has 0 saturated heterocycles. The van der Waals surface area contributed by atoms with Crippen LogP contribution in [0.4, 0.5) is 10.5 Å². The molecule has 116 valence electrons. The van der Waals surface area contributed by atoms with Gasteiger partial charge in [-0.2, -0.15) is 0 Å². The van der Waals surface area contributed by atoms with Crippen LogP contribution in [0.15, 0.2) is 24.3 Å². The van der Waals surface area contributed by atoms with E-state index in [0.29, 0.717) is 0 Å². The van der Waals surface area contributed by atoms with Crippen LogP contribution in [0.5, 0.6) is 0 Å². The van der Waals surface area contributed by atoms with Gasteiger partial charge < -0.3 is 15.7 Å². The first-order chi connectivity index (χ1) is 9.75. The molecule has 1 aromatic rings. The van der Waals surface area contributed by atoms with Gasteiger partial charge in [-0.3, -0.25) is 0 Å². The smallest absolute Gasteiger partial charge is 0.326 e. The van der Waals surface area contributed by atoms with Gasteiger partial charge in [-0.25, -0.2) is 9.59 Å². The van der Waals surface area contributed by atoms with Crippen LogP contribution in [0, 0.1) is 5.41 Å². The Morgan fingerprint density at radius 3 is 2.38 bits per heavy atom. The Bertz CT molecular complexity index is 506. The SMILES string of the molecule is CCCc1ccccc1NC(=O)N[C@H](C(=O)O)C(C)(C)C. The lowest BCUT2D eigenvalue weighted by Gasteiger charge is -2.27. The van der Waals surface area contributed by atoms with E-state index in [-0.39, 0.29) is 0 Å². The molecule has 0 saturated carbocycles. The van der Waals surface area contributed by atoms with Crippen molar-refractivity contribution in [3.05, 3.63) is 29.8 Å². The second-order valence-corrected chi connectivity index (χ2v) is 6.14. The zero-order valence-electron chi connectivity index (χ0n) is 13.1. The van der Waals surface area contributed by atoms with Crippen LogP contribution in [0.3, 0.4) is 0 Å². The van der Waals surface area contributed by atoms with Gasteiger partial charge in [-0.05, 0) is 23.5 Å². The summed E-state index contributed by atoms with van der Waals surface area (Å²) in [7, 11) is 0. The number of benzene rings is 1. The zero-order chi connectivity index (χ0) is 16.0. The Morgan fingerprint density at radius 1 is 1.24 bits per heavy atom. The van der Waals surface area contributed by atoms with Crippen LogP contribution in [-0.4, -0.2) is 23.1 Å². The molecule has 0 spiro atoms. The van der Waals surface area contributed by atoms with E-state index >= 15 is 0 Å². The van der Waals surface area contributed by atoms with Crippen molar-refractivity contribution in [3.8, 4) is 0 Å². The number of amides is 2. The molecule has 1 aromatic carbocycles. The van der Waals surface area contributed by atoms with Gasteiger partial charge >= 0.3 is 12.0 Å². The Morgan fingerprint density at radius 2 is 1.86 bits per heavy atom. The van der Waals surface area contributed by atoms with E-state index in [1.165, 1.54) is 0 Å². The van der Waals surface area contributed by atoms with Gasteiger partial charge in [0, 0.05) is 5.69 Å². The summed E-state index contributed by atoms with van der Waals surface area (Å²) in [5.74, 6) is -1.04. The number of aryl methyl sites for hydroxylation is 1. The molecule has 1 rings (SSSR count). The molecule has 0 heterocycles. The number of urea groups is 1. The summed E-state index contributed by atoms with van der Waals surface area (Å²) in [4.78, 5) is 23.3. The first-order valence-electron chi connectivity index (χ1n) is 7.14. The van der Waals surface area contributed by atoms with Gasteiger partial charge in [0.1, 0.15) is 6.04 Å². The summed E-state index contributed by atoms with van der Waals surface area (Å²) < 4.78 is 0. The molecule has 2 amide bonds. The van der Waals surface area contributed by atoms with Gasteiger partial charge in [0.05, 0.1) is 0 Å². The number of carboxylic acids is 1. The van der Waals surface area contributed by atoms with Gasteiger partial charge in [-0.15, -0.1) is 0 Å². The Labute approximate surface area is 125 Å². The predicted molar refractivity (Wildman–Crippen MR) is 83.5 cm³/mol. The number of nitrogens with one attached hydrogen (secondary N) is 2. The van der Waals surface area contributed by atoms with E-state index in [0.717, 1.165) is 24.1 Å². The largest absolute Gasteiger partial charge is 0.480 e. The van der Waals surface area contributed by atoms with Gasteiger partial charge in [0.15, 0.2) is 0 Å². The summed E-state index contributed by atoms with van der Waals surface area (Å²) in [5, 5.41) is 14.5. The van der Waals surface area contributed by atoms with E-state index in [1.807, 2.05) is 24.3 Å². The van der Waals surface area contributed by atoms with Crippen molar-refractivity contribution >= 4 is 17.7 Å². The maximum Gasteiger partial charge on any atom is 0.326 e. The second kappa shape index (κ2) is 7.11. The predicted octanol–water partition coefficient (Wildman–Crippen LogP) is 3.26. The minimum Gasteiger partial charge on any atom is -0.480 e. The lowest BCUT2D eigenvalue weighted by atomic mass is 9.87. The number of hydrogen-bond donors (Lipinski definition) is 3. The molecule has 0 fully saturated rings. The number of para-hydroxylation sites is 1. The van der Waals surface area contributed by atoms with E-state index in [9.17, 15) is 14.7 Å². The van der Waals surface area contributed by atoms with Crippen molar-refractivity contribution in [2.45, 2.75) is 46.6 Å². The Balaban J connectivity index is 2.80. The summed E-state index contributed by atoms with van der Waals surface area (Å²) in [6.45, 7) is 7.39. The van der Waals surface area contributed by atoms with Crippen molar-refractivity contribution in [1.29, 1.82) is 0 Å². The van der Waals surface area contributed by atoms with Crippen molar-refractivity contribution < 1.29 is 14.7 Å². The van der Waals surface area contributed by atoms with E-state index < -0.39 is 23.5 Å². The van der Waals surface area contributed by atoms with Crippen molar-refractivity contribution in [3.63, 3.8) is 0 Å².